The van der Waals surface area contributed by atoms with Gasteiger partial charge in [0.05, 0.1) is 29.4 Å². The second-order valence-electron chi connectivity index (χ2n) is 6.82. The number of ether oxygens (including phenoxy) is 1. The number of pyridine rings is 1. The van der Waals surface area contributed by atoms with Crippen LogP contribution in [0.25, 0.3) is 22.0 Å². The summed E-state index contributed by atoms with van der Waals surface area (Å²) < 4.78 is 7.35. The van der Waals surface area contributed by atoms with Crippen molar-refractivity contribution >= 4 is 22.7 Å². The summed E-state index contributed by atoms with van der Waals surface area (Å²) in [6.07, 6.45) is 2.32. The van der Waals surface area contributed by atoms with E-state index in [0.29, 0.717) is 11.8 Å². The first kappa shape index (κ1) is 17.2. The van der Waals surface area contributed by atoms with Gasteiger partial charge in [-0.05, 0) is 52.6 Å². The molecule has 28 heavy (non-hydrogen) atoms. The van der Waals surface area contributed by atoms with Gasteiger partial charge >= 0.3 is 0 Å². The quantitative estimate of drug-likeness (QED) is 0.452. The molecule has 7 heteroatoms. The molecule has 2 heterocycles. The number of hydrogen-bond acceptors (Lipinski definition) is 6. The van der Waals surface area contributed by atoms with E-state index in [0.717, 1.165) is 45.9 Å². The molecule has 1 fully saturated rings. The summed E-state index contributed by atoms with van der Waals surface area (Å²) in [4.78, 5) is 4.86. The maximum Gasteiger partial charge on any atom is 0.161 e. The molecule has 140 valence electrons. The van der Waals surface area contributed by atoms with Gasteiger partial charge in [0.25, 0.3) is 0 Å². The van der Waals surface area contributed by atoms with Crippen molar-refractivity contribution in [1.82, 2.24) is 25.2 Å². The Bertz CT molecular complexity index is 1120. The van der Waals surface area contributed by atoms with Crippen LogP contribution in [0.5, 0.6) is 5.75 Å². The molecule has 2 aromatic heterocycles. The Balaban J connectivity index is 1.53. The number of rotatable bonds is 6. The zero-order chi connectivity index (χ0) is 18.9. The van der Waals surface area contributed by atoms with E-state index >= 15 is 0 Å². The van der Waals surface area contributed by atoms with Gasteiger partial charge in [-0.25, -0.2) is 9.67 Å². The summed E-state index contributed by atoms with van der Waals surface area (Å²) in [5.74, 6) is 2.40. The topological polar surface area (TPSA) is 65.7 Å². The minimum atomic E-state index is 0.472. The lowest BCUT2D eigenvalue weighted by Crippen LogP contribution is -2.02. The van der Waals surface area contributed by atoms with Crippen molar-refractivity contribution in [3.05, 3.63) is 60.4 Å². The molecule has 5 rings (SSSR count). The normalized spacial score (nSPS) is 13.8. The van der Waals surface area contributed by atoms with Crippen LogP contribution in [0.2, 0.25) is 0 Å². The lowest BCUT2D eigenvalue weighted by molar-refractivity contribution is 0.415. The molecule has 0 radical (unpaired) electrons. The number of tetrazole rings is 1. The number of nitrogens with zero attached hydrogens (tertiary/aromatic N) is 5. The number of fused-ring (bicyclic) bond motifs is 1. The Morgan fingerprint density at radius 2 is 1.96 bits per heavy atom. The highest BCUT2D eigenvalue weighted by Gasteiger charge is 2.27. The van der Waals surface area contributed by atoms with Crippen molar-refractivity contribution in [2.45, 2.75) is 29.7 Å². The van der Waals surface area contributed by atoms with Gasteiger partial charge in [0.2, 0.25) is 0 Å². The summed E-state index contributed by atoms with van der Waals surface area (Å²) in [6.45, 7) is 0. The maximum absolute atomic E-state index is 5.40. The Morgan fingerprint density at radius 1 is 1.11 bits per heavy atom. The smallest absolute Gasteiger partial charge is 0.161 e. The summed E-state index contributed by atoms with van der Waals surface area (Å²) in [7, 11) is 1.68. The number of benzene rings is 2. The second kappa shape index (κ2) is 7.24. The monoisotopic (exact) mass is 389 g/mol. The number of aromatic nitrogens is 5. The fourth-order valence-electron chi connectivity index (χ4n) is 3.29. The standard InChI is InChI=1S/C21H19N5OS/c1-27-16-9-10-17-18(14-5-3-2-4-6-14)12-21(22-19(17)11-16)28-13-20-23-24-25-26(20)15-7-8-15/h2-6,9-12,15H,7-8,13H2,1H3. The van der Waals surface area contributed by atoms with E-state index in [9.17, 15) is 0 Å². The van der Waals surface area contributed by atoms with Crippen molar-refractivity contribution in [3.63, 3.8) is 0 Å². The molecule has 0 atom stereocenters. The second-order valence-corrected chi connectivity index (χ2v) is 7.81. The van der Waals surface area contributed by atoms with Crippen LogP contribution in [0.4, 0.5) is 0 Å². The van der Waals surface area contributed by atoms with Crippen LogP contribution in [0.15, 0.2) is 59.6 Å². The molecule has 0 saturated heterocycles. The van der Waals surface area contributed by atoms with Gasteiger partial charge in [-0.2, -0.15) is 0 Å². The zero-order valence-corrected chi connectivity index (χ0v) is 16.3. The highest BCUT2D eigenvalue weighted by molar-refractivity contribution is 7.98. The van der Waals surface area contributed by atoms with Crippen molar-refractivity contribution in [1.29, 1.82) is 0 Å². The molecule has 6 nitrogen and oxygen atoms in total. The molecule has 0 bridgehead atoms. The van der Waals surface area contributed by atoms with Crippen LogP contribution >= 0.6 is 11.8 Å². The van der Waals surface area contributed by atoms with E-state index in [1.807, 2.05) is 22.9 Å². The minimum absolute atomic E-state index is 0.472. The first-order valence-corrected chi connectivity index (χ1v) is 10.2. The maximum atomic E-state index is 5.40. The minimum Gasteiger partial charge on any atom is -0.497 e. The molecular formula is C21H19N5OS. The summed E-state index contributed by atoms with van der Waals surface area (Å²) in [5, 5.41) is 14.2. The Morgan fingerprint density at radius 3 is 2.75 bits per heavy atom. The lowest BCUT2D eigenvalue weighted by Gasteiger charge is -2.11. The van der Waals surface area contributed by atoms with Gasteiger partial charge in [0.15, 0.2) is 5.82 Å². The van der Waals surface area contributed by atoms with E-state index < -0.39 is 0 Å². The predicted octanol–water partition coefficient (Wildman–Crippen LogP) is 4.52. The largest absolute Gasteiger partial charge is 0.497 e. The molecule has 0 amide bonds. The predicted molar refractivity (Wildman–Crippen MR) is 109 cm³/mol. The fraction of sp³-hybridized carbons (Fsp3) is 0.238. The molecule has 1 aliphatic rings. The third-order valence-electron chi connectivity index (χ3n) is 4.88. The third-order valence-corrected chi connectivity index (χ3v) is 5.79. The third kappa shape index (κ3) is 3.33. The number of methoxy groups -OCH3 is 1. The van der Waals surface area contributed by atoms with Crippen molar-refractivity contribution in [2.75, 3.05) is 7.11 Å². The molecule has 0 aliphatic heterocycles. The SMILES string of the molecule is COc1ccc2c(-c3ccccc3)cc(SCc3nnnn3C3CC3)nc2c1. The van der Waals surface area contributed by atoms with Gasteiger partial charge in [0, 0.05) is 11.5 Å². The average Bonchev–Trinajstić information content (AvgIpc) is 3.49. The molecule has 0 unspecified atom stereocenters. The number of thioether (sulfide) groups is 1. The number of hydrogen-bond donors (Lipinski definition) is 0. The summed E-state index contributed by atoms with van der Waals surface area (Å²) in [6, 6.07) is 19.1. The van der Waals surface area contributed by atoms with Crippen molar-refractivity contribution in [3.8, 4) is 16.9 Å². The Kier molecular flexibility index (Phi) is 4.44. The Hall–Kier alpha value is -2.93. The van der Waals surface area contributed by atoms with Gasteiger partial charge in [0.1, 0.15) is 5.75 Å². The van der Waals surface area contributed by atoms with Gasteiger partial charge in [-0.15, -0.1) is 5.10 Å². The first-order valence-electron chi connectivity index (χ1n) is 9.25. The molecule has 2 aromatic carbocycles. The highest BCUT2D eigenvalue weighted by atomic mass is 32.2. The molecule has 4 aromatic rings. The van der Waals surface area contributed by atoms with E-state index in [-0.39, 0.29) is 0 Å². The van der Waals surface area contributed by atoms with Crippen LogP contribution in [0, 0.1) is 0 Å². The highest BCUT2D eigenvalue weighted by Crippen LogP contribution is 2.37. The van der Waals surface area contributed by atoms with Crippen LogP contribution in [0.1, 0.15) is 24.7 Å². The van der Waals surface area contributed by atoms with Crippen LogP contribution < -0.4 is 4.74 Å². The molecular weight excluding hydrogens is 370 g/mol. The molecule has 1 saturated carbocycles. The van der Waals surface area contributed by atoms with Crippen LogP contribution in [0.3, 0.4) is 0 Å². The van der Waals surface area contributed by atoms with Gasteiger partial charge in [-0.1, -0.05) is 42.1 Å². The summed E-state index contributed by atoms with van der Waals surface area (Å²) >= 11 is 1.66. The molecule has 1 aliphatic carbocycles. The summed E-state index contributed by atoms with van der Waals surface area (Å²) in [5.41, 5.74) is 3.26. The molecule has 0 spiro atoms. The fourth-order valence-corrected chi connectivity index (χ4v) is 4.12. The van der Waals surface area contributed by atoms with E-state index in [1.54, 1.807) is 18.9 Å². The first-order chi connectivity index (χ1) is 13.8. The lowest BCUT2D eigenvalue weighted by atomic mass is 10.0. The van der Waals surface area contributed by atoms with E-state index in [1.165, 1.54) is 5.56 Å². The van der Waals surface area contributed by atoms with Crippen LogP contribution in [-0.2, 0) is 5.75 Å². The zero-order valence-electron chi connectivity index (χ0n) is 15.4. The van der Waals surface area contributed by atoms with Gasteiger partial charge in [-0.3, -0.25) is 0 Å². The Labute approximate surface area is 166 Å². The van der Waals surface area contributed by atoms with Crippen molar-refractivity contribution in [2.24, 2.45) is 0 Å². The van der Waals surface area contributed by atoms with E-state index in [2.05, 4.69) is 51.9 Å². The van der Waals surface area contributed by atoms with Gasteiger partial charge < -0.3 is 4.74 Å². The van der Waals surface area contributed by atoms with E-state index in [4.69, 9.17) is 9.72 Å². The molecule has 0 N–H and O–H groups in total. The van der Waals surface area contributed by atoms with Crippen LogP contribution in [-0.4, -0.2) is 32.3 Å². The average molecular weight is 389 g/mol. The van der Waals surface area contributed by atoms with Crippen molar-refractivity contribution < 1.29 is 4.74 Å².